The maximum absolute atomic E-state index is 13.9. The summed E-state index contributed by atoms with van der Waals surface area (Å²) in [6.45, 7) is 3.44. The molecule has 0 fully saturated rings. The molecule has 0 saturated heterocycles. The molecule has 4 nitrogen and oxygen atoms in total. The summed E-state index contributed by atoms with van der Waals surface area (Å²) >= 11 is 0. The summed E-state index contributed by atoms with van der Waals surface area (Å²) in [7, 11) is -3.91. The van der Waals surface area contributed by atoms with Gasteiger partial charge in [0.1, 0.15) is 6.61 Å². The van der Waals surface area contributed by atoms with Crippen molar-refractivity contribution in [3.63, 3.8) is 0 Å². The lowest BCUT2D eigenvalue weighted by molar-refractivity contribution is 0.263. The van der Waals surface area contributed by atoms with Crippen LogP contribution in [0.15, 0.2) is 41.3 Å². The van der Waals surface area contributed by atoms with Gasteiger partial charge in [0.2, 0.25) is 5.82 Å². The number of ether oxygens (including phenoxy) is 1. The van der Waals surface area contributed by atoms with Crippen LogP contribution in [0.1, 0.15) is 12.5 Å². The fourth-order valence-corrected chi connectivity index (χ4v) is 4.18. The summed E-state index contributed by atoms with van der Waals surface area (Å²) in [5.74, 6) is -2.64. The van der Waals surface area contributed by atoms with Crippen molar-refractivity contribution in [1.82, 2.24) is 0 Å². The predicted molar refractivity (Wildman–Crippen MR) is 82.2 cm³/mol. The maximum Gasteiger partial charge on any atom is 0.264 e. The zero-order valence-electron chi connectivity index (χ0n) is 12.6. The maximum atomic E-state index is 13.9. The minimum absolute atomic E-state index is 0.00299. The van der Waals surface area contributed by atoms with Crippen molar-refractivity contribution >= 4 is 15.7 Å². The first-order valence-electron chi connectivity index (χ1n) is 7.04. The van der Waals surface area contributed by atoms with Gasteiger partial charge in [0.15, 0.2) is 11.6 Å². The standard InChI is InChI=1S/C16H15F2NO3S/c1-10-3-5-12(6-4-10)23(20,21)19-11(2)9-22-16-14(19)8-7-13(17)15(16)18/h3-8,11H,9H2,1-2H3. The molecule has 1 atom stereocenters. The third-order valence-electron chi connectivity index (χ3n) is 3.71. The van der Waals surface area contributed by atoms with Crippen LogP contribution >= 0.6 is 0 Å². The number of halogens is 2. The SMILES string of the molecule is Cc1ccc(S(=O)(=O)N2c3ccc(F)c(F)c3OCC2C)cc1. The molecule has 0 aliphatic carbocycles. The Hall–Kier alpha value is -2.15. The van der Waals surface area contributed by atoms with Crippen LogP contribution in [-0.2, 0) is 10.0 Å². The Morgan fingerprint density at radius 3 is 2.43 bits per heavy atom. The molecule has 0 aromatic heterocycles. The molecule has 1 aliphatic heterocycles. The molecule has 1 aliphatic rings. The summed E-state index contributed by atoms with van der Waals surface area (Å²) < 4.78 is 59.4. The van der Waals surface area contributed by atoms with Gasteiger partial charge in [-0.05, 0) is 38.1 Å². The molecule has 0 amide bonds. The van der Waals surface area contributed by atoms with E-state index >= 15 is 0 Å². The fourth-order valence-electron chi connectivity index (χ4n) is 2.53. The normalized spacial score (nSPS) is 17.6. The average molecular weight is 339 g/mol. The van der Waals surface area contributed by atoms with E-state index in [9.17, 15) is 17.2 Å². The van der Waals surface area contributed by atoms with Gasteiger partial charge in [0, 0.05) is 0 Å². The molecule has 23 heavy (non-hydrogen) atoms. The van der Waals surface area contributed by atoms with Crippen molar-refractivity contribution in [3.8, 4) is 5.75 Å². The van der Waals surface area contributed by atoms with E-state index in [1.165, 1.54) is 18.2 Å². The highest BCUT2D eigenvalue weighted by Gasteiger charge is 2.36. The average Bonchev–Trinajstić information content (AvgIpc) is 2.51. The highest BCUT2D eigenvalue weighted by atomic mass is 32.2. The Morgan fingerprint density at radius 2 is 1.78 bits per heavy atom. The molecule has 0 radical (unpaired) electrons. The Morgan fingerprint density at radius 1 is 1.13 bits per heavy atom. The minimum Gasteiger partial charge on any atom is -0.486 e. The second kappa shape index (κ2) is 5.49. The highest BCUT2D eigenvalue weighted by molar-refractivity contribution is 7.92. The second-order valence-electron chi connectivity index (χ2n) is 5.48. The zero-order valence-corrected chi connectivity index (χ0v) is 13.4. The topological polar surface area (TPSA) is 46.6 Å². The van der Waals surface area contributed by atoms with Crippen molar-refractivity contribution in [2.45, 2.75) is 24.8 Å². The number of hydrogen-bond donors (Lipinski definition) is 0. The van der Waals surface area contributed by atoms with Crippen LogP contribution in [0.3, 0.4) is 0 Å². The summed E-state index contributed by atoms with van der Waals surface area (Å²) in [6.07, 6.45) is 0. The van der Waals surface area contributed by atoms with Gasteiger partial charge in [-0.3, -0.25) is 4.31 Å². The first kappa shape index (κ1) is 15.7. The predicted octanol–water partition coefficient (Wildman–Crippen LogP) is 3.25. The van der Waals surface area contributed by atoms with E-state index in [4.69, 9.17) is 4.74 Å². The molecule has 1 heterocycles. The molecular formula is C16H15F2NO3S. The van der Waals surface area contributed by atoms with Crippen LogP contribution < -0.4 is 9.04 Å². The Balaban J connectivity index is 2.16. The number of fused-ring (bicyclic) bond motifs is 1. The number of hydrogen-bond acceptors (Lipinski definition) is 3. The first-order valence-corrected chi connectivity index (χ1v) is 8.48. The minimum atomic E-state index is -3.91. The van der Waals surface area contributed by atoms with E-state index in [1.54, 1.807) is 19.1 Å². The molecular weight excluding hydrogens is 324 g/mol. The molecule has 2 aromatic carbocycles. The van der Waals surface area contributed by atoms with Gasteiger partial charge < -0.3 is 4.74 Å². The summed E-state index contributed by atoms with van der Waals surface area (Å²) in [5.41, 5.74) is 0.927. The second-order valence-corrected chi connectivity index (χ2v) is 7.30. The third-order valence-corrected chi connectivity index (χ3v) is 5.66. The highest BCUT2D eigenvalue weighted by Crippen LogP contribution is 2.40. The molecule has 7 heteroatoms. The third kappa shape index (κ3) is 2.55. The molecule has 2 aromatic rings. The van der Waals surface area contributed by atoms with E-state index in [1.807, 2.05) is 6.92 Å². The Bertz CT molecular complexity index is 850. The Labute approximate surface area is 133 Å². The van der Waals surface area contributed by atoms with E-state index in [-0.39, 0.29) is 22.9 Å². The number of sulfonamides is 1. The number of anilines is 1. The zero-order chi connectivity index (χ0) is 16.8. The summed E-state index contributed by atoms with van der Waals surface area (Å²) in [4.78, 5) is 0.0903. The van der Waals surface area contributed by atoms with Crippen molar-refractivity contribution in [2.24, 2.45) is 0 Å². The van der Waals surface area contributed by atoms with E-state index in [0.717, 1.165) is 15.9 Å². The molecule has 1 unspecified atom stereocenters. The van der Waals surface area contributed by atoms with Gasteiger partial charge in [-0.1, -0.05) is 17.7 Å². The smallest absolute Gasteiger partial charge is 0.264 e. The van der Waals surface area contributed by atoms with Crippen LogP contribution in [0.2, 0.25) is 0 Å². The summed E-state index contributed by atoms with van der Waals surface area (Å²) in [6, 6.07) is 7.92. The quantitative estimate of drug-likeness (QED) is 0.844. The molecule has 3 rings (SSSR count). The summed E-state index contributed by atoms with van der Waals surface area (Å²) in [5, 5.41) is 0. The van der Waals surface area contributed by atoms with Crippen LogP contribution in [0.25, 0.3) is 0 Å². The molecule has 0 N–H and O–H groups in total. The van der Waals surface area contributed by atoms with Gasteiger partial charge in [-0.2, -0.15) is 4.39 Å². The molecule has 122 valence electrons. The lowest BCUT2D eigenvalue weighted by Gasteiger charge is -2.35. The van der Waals surface area contributed by atoms with Gasteiger partial charge in [-0.15, -0.1) is 0 Å². The van der Waals surface area contributed by atoms with Gasteiger partial charge in [0.05, 0.1) is 16.6 Å². The van der Waals surface area contributed by atoms with Crippen LogP contribution in [-0.4, -0.2) is 21.1 Å². The van der Waals surface area contributed by atoms with Crippen molar-refractivity contribution < 1.29 is 21.9 Å². The van der Waals surface area contributed by atoms with Crippen LogP contribution in [0.5, 0.6) is 5.75 Å². The van der Waals surface area contributed by atoms with Crippen molar-refractivity contribution in [1.29, 1.82) is 0 Å². The van der Waals surface area contributed by atoms with E-state index in [0.29, 0.717) is 0 Å². The van der Waals surface area contributed by atoms with Crippen LogP contribution in [0, 0.1) is 18.6 Å². The van der Waals surface area contributed by atoms with Crippen LogP contribution in [0.4, 0.5) is 14.5 Å². The number of rotatable bonds is 2. The lowest BCUT2D eigenvalue weighted by atomic mass is 10.2. The number of benzene rings is 2. The number of nitrogens with zero attached hydrogens (tertiary/aromatic N) is 1. The van der Waals surface area contributed by atoms with Gasteiger partial charge in [-0.25, -0.2) is 12.8 Å². The van der Waals surface area contributed by atoms with E-state index < -0.39 is 27.7 Å². The Kier molecular flexibility index (Phi) is 3.75. The first-order chi connectivity index (χ1) is 10.8. The molecule has 0 bridgehead atoms. The monoisotopic (exact) mass is 339 g/mol. The molecule has 0 spiro atoms. The molecule has 0 saturated carbocycles. The van der Waals surface area contributed by atoms with Gasteiger partial charge >= 0.3 is 0 Å². The largest absolute Gasteiger partial charge is 0.486 e. The lowest BCUT2D eigenvalue weighted by Crippen LogP contribution is -2.45. The fraction of sp³-hybridized carbons (Fsp3) is 0.250. The van der Waals surface area contributed by atoms with Crippen molar-refractivity contribution in [3.05, 3.63) is 53.6 Å². The number of aryl methyl sites for hydroxylation is 1. The van der Waals surface area contributed by atoms with Crippen molar-refractivity contribution in [2.75, 3.05) is 10.9 Å². The van der Waals surface area contributed by atoms with E-state index in [2.05, 4.69) is 0 Å². The van der Waals surface area contributed by atoms with Gasteiger partial charge in [0.25, 0.3) is 10.0 Å².